The van der Waals surface area contributed by atoms with E-state index in [1.807, 2.05) is 6.07 Å². The van der Waals surface area contributed by atoms with Gasteiger partial charge in [-0.15, -0.1) is 26.8 Å². The number of nitrogens with zero attached hydrogens (tertiary/aromatic N) is 21. The number of aromatic nitrogens is 21. The van der Waals surface area contributed by atoms with Crippen LogP contribution in [0.1, 0.15) is 136 Å². The lowest BCUT2D eigenvalue weighted by molar-refractivity contribution is -0.0894. The van der Waals surface area contributed by atoms with E-state index in [9.17, 15) is 109 Å². The molecular weight excluding hydrogens is 1760 g/mol. The van der Waals surface area contributed by atoms with E-state index in [0.717, 1.165) is 11.0 Å². The smallest absolute Gasteiger partial charge is 0.394 e. The van der Waals surface area contributed by atoms with Gasteiger partial charge >= 0.3 is 12.0 Å². The Hall–Kier alpha value is -10.5. The predicted octanol–water partition coefficient (Wildman–Crippen LogP) is -12.0. The molecule has 2 aromatic carbocycles. The predicted molar refractivity (Wildman–Crippen MR) is 408 cm³/mol. The second-order valence-electron chi connectivity index (χ2n) is 29.0. The minimum absolute atomic E-state index is 0.00254. The molecule has 7 fully saturated rings. The van der Waals surface area contributed by atoms with Crippen molar-refractivity contribution in [3.05, 3.63) is 157 Å². The quantitative estimate of drug-likeness (QED) is 0.0221. The average Bonchev–Trinajstić information content (AvgIpc) is 1.67. The topological polar surface area (TPSA) is 822 Å². The van der Waals surface area contributed by atoms with Crippen LogP contribution in [0.25, 0.3) is 0 Å². The van der Waals surface area contributed by atoms with Gasteiger partial charge in [0, 0.05) is 12.5 Å². The molecule has 0 radical (unpaired) electrons. The number of carbonyl (C=O) groups excluding carboxylic acids is 3. The van der Waals surface area contributed by atoms with Gasteiger partial charge in [0.25, 0.3) is 0 Å². The average molecular weight is 1850 g/mol. The number of rotatable bonds is 22. The molecule has 9 unspecified atom stereocenters. The van der Waals surface area contributed by atoms with E-state index in [-0.39, 0.29) is 60.4 Å². The molecule has 55 nitrogen and oxygen atoms in total. The molecule has 712 valence electrons. The maximum absolute atomic E-state index is 12.2. The highest BCUT2D eigenvalue weighted by atomic mass is 19.4. The fraction of sp³-hybridized carbons (Fsp3) is 0.569. The van der Waals surface area contributed by atoms with Crippen LogP contribution in [0.4, 0.5) is 13.2 Å². The van der Waals surface area contributed by atoms with Gasteiger partial charge in [0.05, 0.1) is 52.8 Å². The molecule has 0 spiro atoms. The van der Waals surface area contributed by atoms with Crippen molar-refractivity contribution >= 4 is 17.3 Å². The number of alkyl halides is 3. The van der Waals surface area contributed by atoms with Crippen molar-refractivity contribution in [2.45, 2.75) is 211 Å². The number of aliphatic hydroxyl groups is 23. The summed E-state index contributed by atoms with van der Waals surface area (Å²) in [6, 6.07) is 17.5. The van der Waals surface area contributed by atoms with Crippen LogP contribution in [-0.4, -0.2) is 419 Å². The summed E-state index contributed by atoms with van der Waals surface area (Å²) in [6.45, 7) is 0.00390. The largest absolute Gasteiger partial charge is 0.458 e. The number of hydrogen-bond donors (Lipinski definition) is 24. The van der Waals surface area contributed by atoms with E-state index in [2.05, 4.69) is 76.5 Å². The first-order chi connectivity index (χ1) is 61.9. The van der Waals surface area contributed by atoms with Gasteiger partial charge in [-0.25, -0.2) is 67.7 Å². The Morgan fingerprint density at radius 2 is 0.677 bits per heavy atom. The summed E-state index contributed by atoms with van der Waals surface area (Å²) in [5, 5.41) is 244. The monoisotopic (exact) mass is 1850 g/mol. The molecule has 14 heterocycles. The van der Waals surface area contributed by atoms with Gasteiger partial charge in [-0.1, -0.05) is 60.7 Å². The van der Waals surface area contributed by atoms with Gasteiger partial charge < -0.3 is 156 Å². The number of Topliss-reactive ketones (excluding diaryl/α,β-unsaturated/α-hetero) is 2. The Kier molecular flexibility index (Phi) is 35.6. The van der Waals surface area contributed by atoms with E-state index >= 15 is 0 Å². The van der Waals surface area contributed by atoms with Crippen molar-refractivity contribution in [1.82, 2.24) is 103 Å². The number of terminal acetylenes is 1. The molecular formula is C72H95F3N22O33. The summed E-state index contributed by atoms with van der Waals surface area (Å²) in [5.41, 5.74) is 6.43. The summed E-state index contributed by atoms with van der Waals surface area (Å²) in [4.78, 5) is 60.5. The Labute approximate surface area is 728 Å². The Morgan fingerprint density at radius 1 is 0.392 bits per heavy atom. The molecule has 0 aliphatic carbocycles. The molecule has 25 N–H and O–H groups in total. The van der Waals surface area contributed by atoms with Gasteiger partial charge in [0.1, 0.15) is 185 Å². The fourth-order valence-electron chi connectivity index (χ4n) is 13.0. The zero-order valence-electron chi connectivity index (χ0n) is 67.8. The van der Waals surface area contributed by atoms with Crippen LogP contribution in [0.15, 0.2) is 105 Å². The summed E-state index contributed by atoms with van der Waals surface area (Å²) >= 11 is 0. The van der Waals surface area contributed by atoms with Crippen LogP contribution >= 0.6 is 0 Å². The van der Waals surface area contributed by atoms with E-state index in [0.29, 0.717) is 21.6 Å². The Balaban J connectivity index is 0.000000158. The molecule has 7 aliphatic heterocycles. The second kappa shape index (κ2) is 45.6. The zero-order chi connectivity index (χ0) is 95.0. The number of carbonyl (C=O) groups is 3. The molecule has 0 amide bonds. The van der Waals surface area contributed by atoms with Gasteiger partial charge in [-0.2, -0.15) is 28.5 Å². The van der Waals surface area contributed by atoms with Crippen LogP contribution < -0.4 is 5.73 Å². The molecule has 9 aromatic rings. The van der Waals surface area contributed by atoms with Crippen molar-refractivity contribution in [3.63, 3.8) is 0 Å². The normalized spacial score (nSPS) is 31.8. The third-order valence-electron chi connectivity index (χ3n) is 20.1. The van der Waals surface area contributed by atoms with Crippen molar-refractivity contribution in [2.75, 3.05) is 46.2 Å². The van der Waals surface area contributed by atoms with E-state index < -0.39 is 235 Å². The number of ether oxygens (including phenoxy) is 7. The molecule has 7 saturated heterocycles. The van der Waals surface area contributed by atoms with Gasteiger partial charge in [0.15, 0.2) is 66.9 Å². The van der Waals surface area contributed by atoms with E-state index in [4.69, 9.17) is 81.1 Å². The van der Waals surface area contributed by atoms with Gasteiger partial charge in [-0.3, -0.25) is 14.4 Å². The van der Waals surface area contributed by atoms with Crippen molar-refractivity contribution < 1.29 is 178 Å². The van der Waals surface area contributed by atoms with E-state index in [1.54, 1.807) is 54.6 Å². The number of nitrogens with two attached hydrogens (primary N) is 1. The molecule has 30 atom stereocenters. The minimum Gasteiger partial charge on any atom is -0.394 e. The molecule has 130 heavy (non-hydrogen) atoms. The third kappa shape index (κ3) is 23.5. The van der Waals surface area contributed by atoms with E-state index in [1.165, 1.54) is 75.2 Å². The molecule has 7 aromatic heterocycles. The first-order valence-electron chi connectivity index (χ1n) is 38.9. The Morgan fingerprint density at radius 3 is 0.977 bits per heavy atom. The highest BCUT2D eigenvalue weighted by Gasteiger charge is 2.51. The number of hydrogen-bond acceptors (Lipinski definition) is 48. The summed E-state index contributed by atoms with van der Waals surface area (Å²) in [7, 11) is 0. The van der Waals surface area contributed by atoms with Gasteiger partial charge in [-0.05, 0) is 18.4 Å². The zero-order valence-corrected chi connectivity index (χ0v) is 67.8. The maximum Gasteiger partial charge on any atom is 0.458 e. The number of benzene rings is 2. The standard InChI is InChI=1S/C14H17N3O5.C14H15N3O5.C9H10F3N3O5.C9H15N3O5.C9H13N3O5.C9H11N3O4.C8H14N4O4/c2*18-6-9-11(20)12(21)14(22-9)17-7-15-13(16-17)10(19)8-4-2-1-3-5-8;10-9(11,12)6(19)7-13-2-15(14-7)8-5(18)4(17)3(1-16)20-8;2*1-4(14)8-10-3-12(11-8)9-7(16)6(15)5(2-13)17-9;1-2-6-10-4-12(11-6)9-8(15)7(14)5(3-13)16-9;9-1-5-10-3-12(11-5)8-7(15)6(14)4(2-13)16-8/h1-5,7,9-12,14,18-21H,6H2;1-5,7,9,11-12,14,18,20-21H,6H2;2-5,8,16-18H,1H2;3-7,9,13-16H,2H2,1H3;3,5-7,9,13,15-16H,2H2,1H3;1,4-5,7-9,13-15H,3H2;3-4,6-8,13-15H,1-2,9H2/t9-,10?,11?,12+,14-;9-,11?,12+,14-;3-,4?,5+,8-;4?,5-,6?,7+,9-;5-,6?,7+,9-;5-,7?,8+,9-;4-,6?,7+,8-/m1111111/s1. The lowest BCUT2D eigenvalue weighted by atomic mass is 10.1. The fourth-order valence-corrected chi connectivity index (χ4v) is 13.0. The number of halogens is 3. The van der Waals surface area contributed by atoms with Crippen LogP contribution in [-0.2, 0) is 39.7 Å². The SMILES string of the molecule is C#Cc1ncn([C@@H]2O[C@H](CO)C(O)[C@@H]2O)n1.CC(=O)c1ncn([C@@H]2O[C@H](CO)C(O)[C@@H]2O)n1.CC(O)c1ncn([C@@H]2O[C@H](CO)C(O)[C@@H]2O)n1.NCc1ncn([C@@H]2O[C@H](CO)C(O)[C@@H]2O)n1.O=C(c1ccccc1)c1ncn([C@@H]2O[C@H](CO)C(O)[C@@H]2O)n1.O=C(c1ncn([C@@H]2O[C@H](CO)C(O)[C@@H]2O)n1)C(F)(F)F.OC[C@H]1O[C@@H](n2cnc(C(O)c3ccccc3)n2)[C@@H](O)C1O. The van der Waals surface area contributed by atoms with Crippen molar-refractivity contribution in [2.24, 2.45) is 5.73 Å². The Bertz CT molecular complexity index is 5070. The highest BCUT2D eigenvalue weighted by Crippen LogP contribution is 2.36. The summed E-state index contributed by atoms with van der Waals surface area (Å²) in [6.07, 6.45) is -23.8. The molecule has 16 rings (SSSR count). The van der Waals surface area contributed by atoms with Crippen LogP contribution in [0.2, 0.25) is 0 Å². The summed E-state index contributed by atoms with van der Waals surface area (Å²) in [5.74, 6) is -0.873. The second-order valence-corrected chi connectivity index (χ2v) is 29.0. The summed E-state index contributed by atoms with van der Waals surface area (Å²) < 4.78 is 81.1. The first-order valence-corrected chi connectivity index (χ1v) is 38.9. The van der Waals surface area contributed by atoms with Crippen LogP contribution in [0, 0.1) is 12.3 Å². The molecule has 0 saturated carbocycles. The van der Waals surface area contributed by atoms with Gasteiger partial charge in [0.2, 0.25) is 29.1 Å². The van der Waals surface area contributed by atoms with Crippen LogP contribution in [0.3, 0.4) is 0 Å². The minimum atomic E-state index is -5.12. The lowest BCUT2D eigenvalue weighted by Crippen LogP contribution is -2.33. The first kappa shape index (κ1) is 102. The molecule has 58 heteroatoms. The number of aliphatic hydroxyl groups excluding tert-OH is 23. The highest BCUT2D eigenvalue weighted by molar-refractivity contribution is 6.06. The maximum atomic E-state index is 12.2. The van der Waals surface area contributed by atoms with Crippen molar-refractivity contribution in [1.29, 1.82) is 0 Å². The molecule has 0 bridgehead atoms. The number of ketones is 3. The third-order valence-corrected chi connectivity index (χ3v) is 20.1. The lowest BCUT2D eigenvalue weighted by Gasteiger charge is -2.14. The van der Waals surface area contributed by atoms with Crippen LogP contribution in [0.5, 0.6) is 0 Å². The van der Waals surface area contributed by atoms with Crippen molar-refractivity contribution in [3.8, 4) is 12.3 Å². The molecule has 7 aliphatic rings.